The molecule has 0 bridgehead atoms. The van der Waals surface area contributed by atoms with Crippen LogP contribution in [0.25, 0.3) is 0 Å². The molecule has 4 nitrogen and oxygen atoms in total. The fourth-order valence-corrected chi connectivity index (χ4v) is 2.07. The standard InChI is InChI=1S/C16H19FN2O2/c1-10(11-4-6-12(20-2)7-5-11)19-15-9-16(21-3)14(18)8-13(15)17/h4-10,19H,18H2,1-3H3. The van der Waals surface area contributed by atoms with Gasteiger partial charge in [-0.05, 0) is 24.6 Å². The quantitative estimate of drug-likeness (QED) is 0.826. The van der Waals surface area contributed by atoms with E-state index in [1.54, 1.807) is 13.2 Å². The normalized spacial score (nSPS) is 11.8. The molecule has 2 aromatic rings. The molecule has 112 valence electrons. The minimum Gasteiger partial charge on any atom is -0.497 e. The molecule has 3 N–H and O–H groups in total. The van der Waals surface area contributed by atoms with Crippen LogP contribution in [0.1, 0.15) is 18.5 Å². The van der Waals surface area contributed by atoms with Crippen molar-refractivity contribution < 1.29 is 13.9 Å². The summed E-state index contributed by atoms with van der Waals surface area (Å²) in [5, 5.41) is 3.11. The van der Waals surface area contributed by atoms with E-state index in [0.717, 1.165) is 11.3 Å². The molecule has 0 fully saturated rings. The highest BCUT2D eigenvalue weighted by Crippen LogP contribution is 2.30. The number of nitrogens with two attached hydrogens (primary N) is 1. The van der Waals surface area contributed by atoms with Gasteiger partial charge in [-0.1, -0.05) is 12.1 Å². The van der Waals surface area contributed by atoms with Crippen molar-refractivity contribution in [2.45, 2.75) is 13.0 Å². The molecular weight excluding hydrogens is 271 g/mol. The highest BCUT2D eigenvalue weighted by molar-refractivity contribution is 5.62. The van der Waals surface area contributed by atoms with Crippen LogP contribution >= 0.6 is 0 Å². The van der Waals surface area contributed by atoms with Gasteiger partial charge in [0.1, 0.15) is 17.3 Å². The number of methoxy groups -OCH3 is 2. The van der Waals surface area contributed by atoms with E-state index < -0.39 is 5.82 Å². The van der Waals surface area contributed by atoms with Gasteiger partial charge in [0.25, 0.3) is 0 Å². The summed E-state index contributed by atoms with van der Waals surface area (Å²) in [6.45, 7) is 1.95. The van der Waals surface area contributed by atoms with Gasteiger partial charge >= 0.3 is 0 Å². The lowest BCUT2D eigenvalue weighted by atomic mass is 10.1. The number of nitrogen functional groups attached to an aromatic ring is 1. The van der Waals surface area contributed by atoms with Crippen LogP contribution in [0.4, 0.5) is 15.8 Å². The Morgan fingerprint density at radius 3 is 2.33 bits per heavy atom. The van der Waals surface area contributed by atoms with E-state index in [2.05, 4.69) is 5.32 Å². The van der Waals surface area contributed by atoms with Gasteiger partial charge in [-0.15, -0.1) is 0 Å². The van der Waals surface area contributed by atoms with Crippen molar-refractivity contribution in [2.75, 3.05) is 25.3 Å². The Morgan fingerprint density at radius 1 is 1.10 bits per heavy atom. The summed E-state index contributed by atoms with van der Waals surface area (Å²) in [5.41, 5.74) is 7.31. The third-order valence-corrected chi connectivity index (χ3v) is 3.31. The zero-order valence-corrected chi connectivity index (χ0v) is 12.3. The van der Waals surface area contributed by atoms with Gasteiger partial charge in [-0.3, -0.25) is 0 Å². The van der Waals surface area contributed by atoms with Crippen molar-refractivity contribution >= 4 is 11.4 Å². The zero-order valence-electron chi connectivity index (χ0n) is 12.3. The molecule has 0 aliphatic carbocycles. The smallest absolute Gasteiger partial charge is 0.148 e. The molecule has 21 heavy (non-hydrogen) atoms. The topological polar surface area (TPSA) is 56.5 Å². The average molecular weight is 290 g/mol. The molecule has 0 heterocycles. The Kier molecular flexibility index (Phi) is 4.52. The van der Waals surface area contributed by atoms with Crippen LogP contribution in [0.3, 0.4) is 0 Å². The molecule has 0 aliphatic heterocycles. The highest BCUT2D eigenvalue weighted by atomic mass is 19.1. The van der Waals surface area contributed by atoms with Crippen molar-refractivity contribution in [1.29, 1.82) is 0 Å². The maximum absolute atomic E-state index is 13.9. The van der Waals surface area contributed by atoms with Crippen molar-refractivity contribution in [3.05, 3.63) is 47.8 Å². The molecular formula is C16H19FN2O2. The monoisotopic (exact) mass is 290 g/mol. The number of rotatable bonds is 5. The molecule has 0 aliphatic rings. The Hall–Kier alpha value is -2.43. The lowest BCUT2D eigenvalue weighted by molar-refractivity contribution is 0.414. The predicted octanol–water partition coefficient (Wildman–Crippen LogP) is 3.60. The van der Waals surface area contributed by atoms with Crippen molar-refractivity contribution in [3.8, 4) is 11.5 Å². The van der Waals surface area contributed by atoms with Crippen LogP contribution in [0.15, 0.2) is 36.4 Å². The van der Waals surface area contributed by atoms with E-state index in [0.29, 0.717) is 11.4 Å². The van der Waals surface area contributed by atoms with Gasteiger partial charge in [-0.25, -0.2) is 4.39 Å². The summed E-state index contributed by atoms with van der Waals surface area (Å²) >= 11 is 0. The van der Waals surface area contributed by atoms with E-state index in [9.17, 15) is 4.39 Å². The number of hydrogen-bond donors (Lipinski definition) is 2. The van der Waals surface area contributed by atoms with Crippen LogP contribution in [-0.4, -0.2) is 14.2 Å². The molecule has 0 saturated carbocycles. The SMILES string of the molecule is COc1ccc(C(C)Nc2cc(OC)c(N)cc2F)cc1. The van der Waals surface area contributed by atoms with Crippen LogP contribution in [0.5, 0.6) is 11.5 Å². The highest BCUT2D eigenvalue weighted by Gasteiger charge is 2.12. The molecule has 5 heteroatoms. The fraction of sp³-hybridized carbons (Fsp3) is 0.250. The lowest BCUT2D eigenvalue weighted by Crippen LogP contribution is -2.08. The second-order valence-electron chi connectivity index (χ2n) is 4.71. The molecule has 0 spiro atoms. The third-order valence-electron chi connectivity index (χ3n) is 3.31. The Balaban J connectivity index is 2.20. The van der Waals surface area contributed by atoms with Crippen LogP contribution in [0, 0.1) is 5.82 Å². The first kappa shape index (κ1) is 15.0. The Morgan fingerprint density at radius 2 is 1.76 bits per heavy atom. The van der Waals surface area contributed by atoms with Gasteiger partial charge in [0, 0.05) is 18.2 Å². The number of halogens is 1. The first-order valence-electron chi connectivity index (χ1n) is 6.58. The largest absolute Gasteiger partial charge is 0.497 e. The van der Waals surface area contributed by atoms with Crippen molar-refractivity contribution in [2.24, 2.45) is 0 Å². The van der Waals surface area contributed by atoms with E-state index >= 15 is 0 Å². The predicted molar refractivity (Wildman–Crippen MR) is 82.4 cm³/mol. The number of hydrogen-bond acceptors (Lipinski definition) is 4. The fourth-order valence-electron chi connectivity index (χ4n) is 2.07. The minimum absolute atomic E-state index is 0.0706. The average Bonchev–Trinajstić information content (AvgIpc) is 2.50. The summed E-state index contributed by atoms with van der Waals surface area (Å²) in [5.74, 6) is 0.820. The van der Waals surface area contributed by atoms with E-state index in [4.69, 9.17) is 15.2 Å². The second kappa shape index (κ2) is 6.35. The molecule has 0 radical (unpaired) electrons. The number of anilines is 2. The van der Waals surface area contributed by atoms with Crippen LogP contribution < -0.4 is 20.5 Å². The number of nitrogens with one attached hydrogen (secondary N) is 1. The summed E-state index contributed by atoms with van der Waals surface area (Å²) in [4.78, 5) is 0. The molecule has 0 amide bonds. The first-order chi connectivity index (χ1) is 10.0. The first-order valence-corrected chi connectivity index (χ1v) is 6.58. The van der Waals surface area contributed by atoms with Gasteiger partial charge < -0.3 is 20.5 Å². The Bertz CT molecular complexity index is 614. The van der Waals surface area contributed by atoms with Gasteiger partial charge in [0.2, 0.25) is 0 Å². The minimum atomic E-state index is -0.409. The van der Waals surface area contributed by atoms with Crippen molar-refractivity contribution in [3.63, 3.8) is 0 Å². The maximum Gasteiger partial charge on any atom is 0.148 e. The molecule has 2 aromatic carbocycles. The number of ether oxygens (including phenoxy) is 2. The number of benzene rings is 2. The zero-order chi connectivity index (χ0) is 15.4. The second-order valence-corrected chi connectivity index (χ2v) is 4.71. The van der Waals surface area contributed by atoms with E-state index in [1.807, 2.05) is 31.2 Å². The molecule has 0 aromatic heterocycles. The molecule has 1 atom stereocenters. The van der Waals surface area contributed by atoms with Gasteiger partial charge in [0.05, 0.1) is 25.6 Å². The summed E-state index contributed by atoms with van der Waals surface area (Å²) < 4.78 is 24.2. The maximum atomic E-state index is 13.9. The summed E-state index contributed by atoms with van der Waals surface area (Å²) in [6.07, 6.45) is 0. The Labute approximate surface area is 123 Å². The van der Waals surface area contributed by atoms with Gasteiger partial charge in [-0.2, -0.15) is 0 Å². The molecule has 2 rings (SSSR count). The van der Waals surface area contributed by atoms with Crippen LogP contribution in [0.2, 0.25) is 0 Å². The van der Waals surface area contributed by atoms with Crippen molar-refractivity contribution in [1.82, 2.24) is 0 Å². The summed E-state index contributed by atoms with van der Waals surface area (Å²) in [6, 6.07) is 10.3. The van der Waals surface area contributed by atoms with E-state index in [1.165, 1.54) is 13.2 Å². The summed E-state index contributed by atoms with van der Waals surface area (Å²) in [7, 11) is 3.12. The lowest BCUT2D eigenvalue weighted by Gasteiger charge is -2.18. The van der Waals surface area contributed by atoms with Crippen LogP contribution in [-0.2, 0) is 0 Å². The molecule has 0 saturated heterocycles. The van der Waals surface area contributed by atoms with E-state index in [-0.39, 0.29) is 11.7 Å². The molecule has 1 unspecified atom stereocenters. The third kappa shape index (κ3) is 3.37. The van der Waals surface area contributed by atoms with Gasteiger partial charge in [0.15, 0.2) is 0 Å².